The number of anilines is 9. The van der Waals surface area contributed by atoms with Gasteiger partial charge in [-0.3, -0.25) is 0 Å². The Balaban J connectivity index is 1.26. The van der Waals surface area contributed by atoms with Crippen molar-refractivity contribution in [3.05, 3.63) is 204 Å². The molecule has 0 radical (unpaired) electrons. The topological polar surface area (TPSA) is 22.9 Å². The van der Waals surface area contributed by atoms with Gasteiger partial charge >= 0.3 is 0 Å². The summed E-state index contributed by atoms with van der Waals surface area (Å²) >= 11 is 0. The van der Waals surface area contributed by atoms with Crippen molar-refractivity contribution in [2.24, 2.45) is 0 Å². The Morgan fingerprint density at radius 1 is 0.493 bits per heavy atom. The average Bonchev–Trinajstić information content (AvgIpc) is 3.75. The lowest BCUT2D eigenvalue weighted by Crippen LogP contribution is -2.61. The van der Waals surface area contributed by atoms with E-state index in [0.717, 1.165) is 75.0 Å². The molecule has 8 aromatic carbocycles. The van der Waals surface area contributed by atoms with Crippen molar-refractivity contribution in [1.29, 1.82) is 0 Å². The molecule has 0 unspecified atom stereocenters. The minimum atomic E-state index is -0.199. The molecule has 1 aromatic heterocycles. The molecule has 3 aliphatic rings. The van der Waals surface area contributed by atoms with E-state index in [4.69, 9.17) is 4.42 Å². The van der Waals surface area contributed by atoms with Gasteiger partial charge in [0, 0.05) is 45.1 Å². The molecule has 2 aliphatic heterocycles. The summed E-state index contributed by atoms with van der Waals surface area (Å²) in [5, 5.41) is 1.10. The van der Waals surface area contributed by atoms with E-state index >= 15 is 0 Å². The Morgan fingerprint density at radius 2 is 1.03 bits per heavy atom. The fraction of sp³-hybridized carbons (Fsp3) is 0.242. The first-order valence-corrected chi connectivity index (χ1v) is 25.7. The van der Waals surface area contributed by atoms with Crippen LogP contribution in [0.2, 0.25) is 0 Å². The van der Waals surface area contributed by atoms with Crippen molar-refractivity contribution < 1.29 is 4.42 Å². The number of hydrogen-bond acceptors (Lipinski definition) is 4. The Bertz CT molecular complexity index is 3460. The fourth-order valence-electron chi connectivity index (χ4n) is 11.9. The largest absolute Gasteiger partial charge is 0.468 e. The quantitative estimate of drug-likeness (QED) is 0.155. The zero-order chi connectivity index (χ0) is 49.2. The van der Waals surface area contributed by atoms with E-state index < -0.39 is 0 Å². The summed E-state index contributed by atoms with van der Waals surface area (Å²) in [4.78, 5) is 7.60. The molecule has 12 rings (SSSR count). The molecule has 0 spiro atoms. The van der Waals surface area contributed by atoms with Crippen molar-refractivity contribution in [3.63, 3.8) is 0 Å². The number of para-hydroxylation sites is 3. The van der Waals surface area contributed by atoms with Crippen molar-refractivity contribution in [1.82, 2.24) is 0 Å². The van der Waals surface area contributed by atoms with Crippen LogP contribution in [0.1, 0.15) is 104 Å². The zero-order valence-corrected chi connectivity index (χ0v) is 43.1. The first-order chi connectivity index (χ1) is 34.0. The average molecular weight is 926 g/mol. The van der Waals surface area contributed by atoms with Crippen LogP contribution in [0.4, 0.5) is 51.2 Å². The minimum absolute atomic E-state index is 0.000252. The van der Waals surface area contributed by atoms with Crippen LogP contribution >= 0.6 is 0 Å². The Hall–Kier alpha value is -7.24. The molecule has 0 saturated heterocycles. The van der Waals surface area contributed by atoms with Gasteiger partial charge in [0.05, 0.1) is 22.7 Å². The minimum Gasteiger partial charge on any atom is -0.468 e. The Morgan fingerprint density at radius 3 is 1.63 bits per heavy atom. The molecule has 0 fully saturated rings. The summed E-state index contributed by atoms with van der Waals surface area (Å²) in [6, 6.07) is 68.1. The van der Waals surface area contributed by atoms with Gasteiger partial charge in [-0.05, 0) is 152 Å². The molecule has 0 amide bonds. The Labute approximate surface area is 421 Å². The van der Waals surface area contributed by atoms with Gasteiger partial charge in [-0.15, -0.1) is 0 Å². The van der Waals surface area contributed by atoms with Crippen LogP contribution in [0.15, 0.2) is 186 Å². The van der Waals surface area contributed by atoms with Crippen LogP contribution in [0.25, 0.3) is 22.1 Å². The number of rotatable bonds is 6. The van der Waals surface area contributed by atoms with Crippen LogP contribution < -0.4 is 31.3 Å². The van der Waals surface area contributed by atoms with E-state index in [1.165, 1.54) is 50.0 Å². The van der Waals surface area contributed by atoms with E-state index in [2.05, 4.69) is 266 Å². The van der Waals surface area contributed by atoms with E-state index in [9.17, 15) is 0 Å². The van der Waals surface area contributed by atoms with Crippen LogP contribution in [0, 0.1) is 0 Å². The zero-order valence-electron chi connectivity index (χ0n) is 43.1. The molecule has 0 N–H and O–H groups in total. The molecule has 4 nitrogen and oxygen atoms in total. The third-order valence-corrected chi connectivity index (χ3v) is 16.0. The summed E-state index contributed by atoms with van der Waals surface area (Å²) in [6.07, 6.45) is 2.26. The second-order valence-electron chi connectivity index (χ2n) is 23.7. The first-order valence-electron chi connectivity index (χ1n) is 25.7. The highest BCUT2D eigenvalue weighted by Gasteiger charge is 2.49. The van der Waals surface area contributed by atoms with Crippen LogP contribution in [0.5, 0.6) is 0 Å². The third-order valence-electron chi connectivity index (χ3n) is 16.0. The summed E-state index contributed by atoms with van der Waals surface area (Å²) in [6.45, 7) is 23.5. The fourth-order valence-corrected chi connectivity index (χ4v) is 11.9. The van der Waals surface area contributed by atoms with E-state index in [1.807, 2.05) is 0 Å². The SMILES string of the molecule is CC(C)(C)c1ccc(N2c3cc4c(cc3B3c5oc6ccccc6c5N(c5ccc(C(C)(C)C)cc5-c5ccccc5)c5cc(N(c6ccccc6)c6ccccc6)cc2c53)C(C)(C)CCC4(C)C)cc1. The summed E-state index contributed by atoms with van der Waals surface area (Å²) in [5.41, 5.74) is 22.2. The summed E-state index contributed by atoms with van der Waals surface area (Å²) in [5.74, 6) is 0. The monoisotopic (exact) mass is 926 g/mol. The number of fused-ring (bicyclic) bond motifs is 7. The van der Waals surface area contributed by atoms with Crippen LogP contribution in [-0.2, 0) is 21.7 Å². The Kier molecular flexibility index (Phi) is 10.2. The molecule has 352 valence electrons. The van der Waals surface area contributed by atoms with Crippen molar-refractivity contribution in [2.45, 2.75) is 104 Å². The maximum Gasteiger partial charge on any atom is 0.297 e. The van der Waals surface area contributed by atoms with Gasteiger partial charge in [0.15, 0.2) is 0 Å². The summed E-state index contributed by atoms with van der Waals surface area (Å²) < 4.78 is 7.45. The third kappa shape index (κ3) is 7.33. The van der Waals surface area contributed by atoms with E-state index in [0.29, 0.717) is 0 Å². The van der Waals surface area contributed by atoms with Gasteiger partial charge in [-0.2, -0.15) is 0 Å². The van der Waals surface area contributed by atoms with Gasteiger partial charge in [0.2, 0.25) is 0 Å². The second kappa shape index (κ2) is 16.1. The number of furan rings is 1. The van der Waals surface area contributed by atoms with Crippen molar-refractivity contribution in [3.8, 4) is 11.1 Å². The van der Waals surface area contributed by atoms with Gasteiger partial charge in [-0.25, -0.2) is 0 Å². The van der Waals surface area contributed by atoms with Gasteiger partial charge < -0.3 is 19.1 Å². The predicted molar refractivity (Wildman–Crippen MR) is 303 cm³/mol. The van der Waals surface area contributed by atoms with E-state index in [1.54, 1.807) is 0 Å². The van der Waals surface area contributed by atoms with Gasteiger partial charge in [0.25, 0.3) is 6.71 Å². The molecule has 71 heavy (non-hydrogen) atoms. The molecule has 9 aromatic rings. The molecule has 0 saturated carbocycles. The first kappa shape index (κ1) is 44.9. The lowest BCUT2D eigenvalue weighted by Gasteiger charge is -2.47. The van der Waals surface area contributed by atoms with Crippen LogP contribution in [-0.4, -0.2) is 6.71 Å². The number of benzene rings is 8. The molecule has 1 aliphatic carbocycles. The van der Waals surface area contributed by atoms with Gasteiger partial charge in [0.1, 0.15) is 5.58 Å². The molecule has 5 heteroatoms. The molecule has 0 bridgehead atoms. The lowest BCUT2D eigenvalue weighted by atomic mass is 9.35. The summed E-state index contributed by atoms with van der Waals surface area (Å²) in [7, 11) is 0. The van der Waals surface area contributed by atoms with Crippen molar-refractivity contribution in [2.75, 3.05) is 14.7 Å². The number of hydrogen-bond donors (Lipinski definition) is 0. The highest BCUT2D eigenvalue weighted by Crippen LogP contribution is 2.54. The number of nitrogens with zero attached hydrogens (tertiary/aromatic N) is 3. The highest BCUT2D eigenvalue weighted by atomic mass is 16.3. The molecular weight excluding hydrogens is 862 g/mol. The maximum absolute atomic E-state index is 7.45. The van der Waals surface area contributed by atoms with Crippen LogP contribution in [0.3, 0.4) is 0 Å². The van der Waals surface area contributed by atoms with Gasteiger partial charge in [-0.1, -0.05) is 172 Å². The van der Waals surface area contributed by atoms with Crippen molar-refractivity contribution >= 4 is 85.5 Å². The molecule has 0 atom stereocenters. The second-order valence-corrected chi connectivity index (χ2v) is 23.7. The smallest absolute Gasteiger partial charge is 0.297 e. The molecule has 3 heterocycles. The van der Waals surface area contributed by atoms with E-state index in [-0.39, 0.29) is 28.4 Å². The standard InChI is InChI=1S/C66H64BN3O/c1-63(2,3)44-30-33-48(34-31-44)69-56-42-53-52(65(7,8)36-37-66(53,9)10)41-54(56)67-60-57(69)39-49(68(46-24-16-12-17-25-46)47-26-18-13-19-27-47)40-58(60)70(61-50-28-20-21-29-59(50)71-62(61)67)55-35-32-45(64(4,5)6)38-51(55)43-22-14-11-15-23-43/h11-35,38-42H,36-37H2,1-10H3. The predicted octanol–water partition coefficient (Wildman–Crippen LogP) is 16.6. The molecular formula is C66H64BN3O. The highest BCUT2D eigenvalue weighted by molar-refractivity contribution is 7.00. The normalized spacial score (nSPS) is 15.5. The maximum atomic E-state index is 7.45. The lowest BCUT2D eigenvalue weighted by molar-refractivity contribution is 0.332.